The van der Waals surface area contributed by atoms with Crippen molar-refractivity contribution in [3.8, 4) is 0 Å². The van der Waals surface area contributed by atoms with Crippen molar-refractivity contribution in [1.82, 2.24) is 9.88 Å². The summed E-state index contributed by atoms with van der Waals surface area (Å²) >= 11 is 0. The first-order valence-corrected chi connectivity index (χ1v) is 4.30. The van der Waals surface area contributed by atoms with Crippen LogP contribution < -0.4 is 0 Å². The number of nitrogens with zero attached hydrogens (tertiary/aromatic N) is 2. The van der Waals surface area contributed by atoms with Gasteiger partial charge in [0.25, 0.3) is 5.91 Å². The predicted octanol–water partition coefficient (Wildman–Crippen LogP) is 1.56. The highest BCUT2D eigenvalue weighted by Crippen LogP contribution is 2.04. The first kappa shape index (κ1) is 9.71. The molecule has 0 bridgehead atoms. The SMILES string of the molecule is CC(C)N(C)C(=O)c1ccncc1. The maximum Gasteiger partial charge on any atom is 0.253 e. The molecule has 0 saturated carbocycles. The van der Waals surface area contributed by atoms with Gasteiger partial charge in [-0.05, 0) is 26.0 Å². The molecule has 0 aliphatic rings. The van der Waals surface area contributed by atoms with Crippen LogP contribution in [0, 0.1) is 0 Å². The summed E-state index contributed by atoms with van der Waals surface area (Å²) in [6.07, 6.45) is 3.25. The smallest absolute Gasteiger partial charge is 0.253 e. The Morgan fingerprint density at radius 3 is 2.38 bits per heavy atom. The van der Waals surface area contributed by atoms with Crippen molar-refractivity contribution in [3.05, 3.63) is 30.1 Å². The molecule has 3 heteroatoms. The molecule has 0 aliphatic carbocycles. The monoisotopic (exact) mass is 178 g/mol. The van der Waals surface area contributed by atoms with Crippen molar-refractivity contribution < 1.29 is 4.79 Å². The number of carbonyl (C=O) groups is 1. The zero-order chi connectivity index (χ0) is 9.84. The van der Waals surface area contributed by atoms with E-state index < -0.39 is 0 Å². The van der Waals surface area contributed by atoms with Crippen LogP contribution in [0.4, 0.5) is 0 Å². The maximum atomic E-state index is 11.7. The fourth-order valence-corrected chi connectivity index (χ4v) is 0.933. The van der Waals surface area contributed by atoms with Crippen LogP contribution in [0.15, 0.2) is 24.5 Å². The van der Waals surface area contributed by atoms with E-state index in [1.807, 2.05) is 13.8 Å². The van der Waals surface area contributed by atoms with E-state index in [0.717, 1.165) is 0 Å². The molecule has 1 heterocycles. The molecule has 1 aromatic heterocycles. The zero-order valence-corrected chi connectivity index (χ0v) is 8.19. The van der Waals surface area contributed by atoms with Gasteiger partial charge in [0.15, 0.2) is 0 Å². The minimum absolute atomic E-state index is 0.0393. The fourth-order valence-electron chi connectivity index (χ4n) is 0.933. The summed E-state index contributed by atoms with van der Waals surface area (Å²) in [6, 6.07) is 3.67. The molecular formula is C10H14N2O. The van der Waals surface area contributed by atoms with Crippen LogP contribution in [0.2, 0.25) is 0 Å². The Morgan fingerprint density at radius 1 is 1.38 bits per heavy atom. The van der Waals surface area contributed by atoms with E-state index >= 15 is 0 Å². The molecule has 0 saturated heterocycles. The predicted molar refractivity (Wildman–Crippen MR) is 51.5 cm³/mol. The van der Waals surface area contributed by atoms with Crippen molar-refractivity contribution in [3.63, 3.8) is 0 Å². The summed E-state index contributed by atoms with van der Waals surface area (Å²) in [5, 5.41) is 0. The van der Waals surface area contributed by atoms with Crippen molar-refractivity contribution in [2.45, 2.75) is 19.9 Å². The molecule has 0 aromatic carbocycles. The summed E-state index contributed by atoms with van der Waals surface area (Å²) in [5.74, 6) is 0.0393. The number of amides is 1. The van der Waals surface area contributed by atoms with E-state index in [1.165, 1.54) is 0 Å². The molecule has 1 amide bonds. The maximum absolute atomic E-state index is 11.7. The average molecular weight is 178 g/mol. The Hall–Kier alpha value is -1.38. The second kappa shape index (κ2) is 4.03. The van der Waals surface area contributed by atoms with E-state index in [0.29, 0.717) is 5.56 Å². The summed E-state index contributed by atoms with van der Waals surface area (Å²) in [7, 11) is 1.80. The highest BCUT2D eigenvalue weighted by Gasteiger charge is 2.13. The lowest BCUT2D eigenvalue weighted by Crippen LogP contribution is -2.32. The second-order valence-electron chi connectivity index (χ2n) is 3.25. The Labute approximate surface area is 78.4 Å². The van der Waals surface area contributed by atoms with Crippen molar-refractivity contribution in [1.29, 1.82) is 0 Å². The van der Waals surface area contributed by atoms with Gasteiger partial charge < -0.3 is 4.90 Å². The summed E-state index contributed by atoms with van der Waals surface area (Å²) in [4.78, 5) is 17.2. The van der Waals surface area contributed by atoms with Gasteiger partial charge in [-0.25, -0.2) is 0 Å². The minimum atomic E-state index is 0.0393. The van der Waals surface area contributed by atoms with Gasteiger partial charge in [0, 0.05) is 31.0 Å². The molecule has 0 aliphatic heterocycles. The van der Waals surface area contributed by atoms with Gasteiger partial charge in [0.2, 0.25) is 0 Å². The van der Waals surface area contributed by atoms with E-state index in [9.17, 15) is 4.79 Å². The fraction of sp³-hybridized carbons (Fsp3) is 0.400. The highest BCUT2D eigenvalue weighted by atomic mass is 16.2. The van der Waals surface area contributed by atoms with Crippen LogP contribution in [-0.4, -0.2) is 28.9 Å². The van der Waals surface area contributed by atoms with Crippen molar-refractivity contribution >= 4 is 5.91 Å². The van der Waals surface area contributed by atoms with Gasteiger partial charge in [-0.2, -0.15) is 0 Å². The second-order valence-corrected chi connectivity index (χ2v) is 3.25. The van der Waals surface area contributed by atoms with Crippen LogP contribution in [0.25, 0.3) is 0 Å². The lowest BCUT2D eigenvalue weighted by atomic mass is 10.2. The molecule has 0 radical (unpaired) electrons. The molecule has 0 N–H and O–H groups in total. The van der Waals surface area contributed by atoms with Crippen LogP contribution in [-0.2, 0) is 0 Å². The van der Waals surface area contributed by atoms with E-state index in [1.54, 1.807) is 36.5 Å². The molecule has 13 heavy (non-hydrogen) atoms. The minimum Gasteiger partial charge on any atom is -0.339 e. The first-order chi connectivity index (χ1) is 6.13. The van der Waals surface area contributed by atoms with Crippen molar-refractivity contribution in [2.75, 3.05) is 7.05 Å². The normalized spacial score (nSPS) is 10.2. The molecule has 3 nitrogen and oxygen atoms in total. The third kappa shape index (κ3) is 2.28. The first-order valence-electron chi connectivity index (χ1n) is 4.30. The van der Waals surface area contributed by atoms with Gasteiger partial charge >= 0.3 is 0 Å². The molecule has 0 spiro atoms. The van der Waals surface area contributed by atoms with Crippen LogP contribution in [0.5, 0.6) is 0 Å². The average Bonchev–Trinajstić information content (AvgIpc) is 2.17. The standard InChI is InChI=1S/C10H14N2O/c1-8(2)12(3)10(13)9-4-6-11-7-5-9/h4-8H,1-3H3. The lowest BCUT2D eigenvalue weighted by molar-refractivity contribution is 0.0755. The molecule has 70 valence electrons. The van der Waals surface area contributed by atoms with Gasteiger partial charge in [-0.15, -0.1) is 0 Å². The van der Waals surface area contributed by atoms with Crippen molar-refractivity contribution in [2.24, 2.45) is 0 Å². The quantitative estimate of drug-likeness (QED) is 0.688. The Bertz CT molecular complexity index is 282. The molecule has 1 aromatic rings. The van der Waals surface area contributed by atoms with E-state index in [4.69, 9.17) is 0 Å². The van der Waals surface area contributed by atoms with Gasteiger partial charge in [-0.1, -0.05) is 0 Å². The number of hydrogen-bond acceptors (Lipinski definition) is 2. The van der Waals surface area contributed by atoms with E-state index in [2.05, 4.69) is 4.98 Å². The number of aromatic nitrogens is 1. The molecular weight excluding hydrogens is 164 g/mol. The van der Waals surface area contributed by atoms with Gasteiger partial charge in [0.1, 0.15) is 0 Å². The molecule has 0 atom stereocenters. The number of hydrogen-bond donors (Lipinski definition) is 0. The van der Waals surface area contributed by atoms with Gasteiger partial charge in [-0.3, -0.25) is 9.78 Å². The third-order valence-corrected chi connectivity index (χ3v) is 2.02. The van der Waals surface area contributed by atoms with Gasteiger partial charge in [0.05, 0.1) is 0 Å². The van der Waals surface area contributed by atoms with Crippen LogP contribution >= 0.6 is 0 Å². The topological polar surface area (TPSA) is 33.2 Å². The summed E-state index contributed by atoms with van der Waals surface area (Å²) in [6.45, 7) is 3.97. The zero-order valence-electron chi connectivity index (χ0n) is 8.19. The number of carbonyl (C=O) groups excluding carboxylic acids is 1. The Kier molecular flexibility index (Phi) is 3.01. The van der Waals surface area contributed by atoms with E-state index in [-0.39, 0.29) is 11.9 Å². The molecule has 0 unspecified atom stereocenters. The number of rotatable bonds is 2. The Morgan fingerprint density at radius 2 is 1.92 bits per heavy atom. The third-order valence-electron chi connectivity index (χ3n) is 2.02. The summed E-state index contributed by atoms with van der Waals surface area (Å²) < 4.78 is 0. The highest BCUT2D eigenvalue weighted by molar-refractivity contribution is 5.94. The Balaban J connectivity index is 2.80. The lowest BCUT2D eigenvalue weighted by Gasteiger charge is -2.21. The molecule has 0 fully saturated rings. The largest absolute Gasteiger partial charge is 0.339 e. The van der Waals surface area contributed by atoms with Crippen LogP contribution in [0.3, 0.4) is 0 Å². The summed E-state index contributed by atoms with van der Waals surface area (Å²) in [5.41, 5.74) is 0.686. The van der Waals surface area contributed by atoms with Crippen LogP contribution in [0.1, 0.15) is 24.2 Å². The number of pyridine rings is 1. The molecule has 1 rings (SSSR count).